The summed E-state index contributed by atoms with van der Waals surface area (Å²) in [6, 6.07) is 13.8. The third-order valence-corrected chi connectivity index (χ3v) is 7.13. The Morgan fingerprint density at radius 1 is 1.00 bits per heavy atom. The molecule has 2 aliphatic rings. The number of rotatable bonds is 5. The van der Waals surface area contributed by atoms with Crippen LogP contribution in [0.1, 0.15) is 43.1 Å². The first-order valence-corrected chi connectivity index (χ1v) is 12.1. The Labute approximate surface area is 193 Å². The van der Waals surface area contributed by atoms with E-state index in [1.54, 1.807) is 6.20 Å². The van der Waals surface area contributed by atoms with Gasteiger partial charge >= 0.3 is 0 Å². The number of morpholine rings is 1. The molecule has 0 atom stereocenters. The minimum Gasteiger partial charge on any atom is -0.379 e. The van der Waals surface area contributed by atoms with Crippen molar-refractivity contribution in [3.8, 4) is 11.3 Å². The van der Waals surface area contributed by atoms with Gasteiger partial charge in [0.1, 0.15) is 5.82 Å². The van der Waals surface area contributed by atoms with Gasteiger partial charge < -0.3 is 9.72 Å². The van der Waals surface area contributed by atoms with Crippen LogP contribution in [0, 0.1) is 0 Å². The number of benzene rings is 1. The summed E-state index contributed by atoms with van der Waals surface area (Å²) in [6.07, 6.45) is 11.5. The molecule has 1 aliphatic carbocycles. The zero-order chi connectivity index (χ0) is 22.0. The van der Waals surface area contributed by atoms with Crippen LogP contribution in [0.4, 0.5) is 0 Å². The fraction of sp³-hybridized carbons (Fsp3) is 0.423. The molecule has 1 saturated heterocycles. The van der Waals surface area contributed by atoms with Crippen LogP contribution in [0.15, 0.2) is 55.0 Å². The fourth-order valence-electron chi connectivity index (χ4n) is 5.33. The third kappa shape index (κ3) is 4.43. The highest BCUT2D eigenvalue weighted by Gasteiger charge is 2.28. The number of H-pyrrole nitrogens is 1. The van der Waals surface area contributed by atoms with E-state index >= 15 is 0 Å². The lowest BCUT2D eigenvalue weighted by Crippen LogP contribution is -2.45. The van der Waals surface area contributed by atoms with E-state index in [4.69, 9.17) is 14.8 Å². The first-order valence-electron chi connectivity index (χ1n) is 12.1. The van der Waals surface area contributed by atoms with E-state index in [9.17, 15) is 0 Å². The smallest absolute Gasteiger partial charge is 0.111 e. The molecule has 2 fully saturated rings. The number of aromatic amines is 1. The molecule has 0 amide bonds. The standard InChI is InChI=1S/C26H30N6O/c1-2-19(18-27-10-1)16-26-28-24-8-3-20(17-25(24)29-26)23-9-11-32(30-23)22-6-4-21(5-7-22)31-12-14-33-15-13-31/h1-3,8-11,17-18,21-22H,4-7,12-16H2,(H,28,29). The van der Waals surface area contributed by atoms with Gasteiger partial charge in [0.25, 0.3) is 0 Å². The Balaban J connectivity index is 1.14. The zero-order valence-corrected chi connectivity index (χ0v) is 18.9. The summed E-state index contributed by atoms with van der Waals surface area (Å²) in [5.41, 5.74) is 5.33. The molecule has 170 valence electrons. The van der Waals surface area contributed by atoms with Gasteiger partial charge in [-0.1, -0.05) is 12.1 Å². The number of hydrogen-bond acceptors (Lipinski definition) is 5. The summed E-state index contributed by atoms with van der Waals surface area (Å²) in [6.45, 7) is 3.94. The van der Waals surface area contributed by atoms with Crippen molar-refractivity contribution in [1.82, 2.24) is 29.6 Å². The molecule has 1 aliphatic heterocycles. The SMILES string of the molecule is c1cncc(Cc2nc3ccc(-c4ccn(C5CCC(N6CCOCC6)CC5)n4)cc3[nH]2)c1. The molecule has 0 unspecified atom stereocenters. The minimum absolute atomic E-state index is 0.498. The maximum absolute atomic E-state index is 5.52. The van der Waals surface area contributed by atoms with Crippen molar-refractivity contribution in [2.75, 3.05) is 26.3 Å². The van der Waals surface area contributed by atoms with Crippen molar-refractivity contribution in [3.05, 3.63) is 66.4 Å². The highest BCUT2D eigenvalue weighted by molar-refractivity contribution is 5.81. The number of ether oxygens (including phenoxy) is 1. The lowest BCUT2D eigenvalue weighted by molar-refractivity contribution is 0.00507. The largest absolute Gasteiger partial charge is 0.379 e. The van der Waals surface area contributed by atoms with Gasteiger partial charge in [-0.25, -0.2) is 4.98 Å². The van der Waals surface area contributed by atoms with Gasteiger partial charge in [-0.2, -0.15) is 5.10 Å². The average molecular weight is 443 g/mol. The summed E-state index contributed by atoms with van der Waals surface area (Å²) in [5, 5.41) is 4.96. The summed E-state index contributed by atoms with van der Waals surface area (Å²) < 4.78 is 7.71. The van der Waals surface area contributed by atoms with Crippen molar-refractivity contribution < 1.29 is 4.74 Å². The molecule has 1 aromatic carbocycles. The van der Waals surface area contributed by atoms with Crippen LogP contribution in [-0.4, -0.2) is 62.0 Å². The minimum atomic E-state index is 0.498. The quantitative estimate of drug-likeness (QED) is 0.501. The lowest BCUT2D eigenvalue weighted by atomic mass is 9.90. The molecule has 1 saturated carbocycles. The Hall–Kier alpha value is -3.03. The summed E-state index contributed by atoms with van der Waals surface area (Å²) in [4.78, 5) is 15.0. The molecule has 1 N–H and O–H groups in total. The van der Waals surface area contributed by atoms with Gasteiger partial charge in [0.05, 0.1) is 36.0 Å². The topological polar surface area (TPSA) is 71.9 Å². The molecule has 0 bridgehead atoms. The number of pyridine rings is 1. The monoisotopic (exact) mass is 442 g/mol. The van der Waals surface area contributed by atoms with E-state index in [1.165, 1.54) is 25.7 Å². The van der Waals surface area contributed by atoms with Gasteiger partial charge in [0.2, 0.25) is 0 Å². The van der Waals surface area contributed by atoms with Gasteiger partial charge in [0.15, 0.2) is 0 Å². The molecule has 33 heavy (non-hydrogen) atoms. The number of aromatic nitrogens is 5. The average Bonchev–Trinajstić information content (AvgIpc) is 3.52. The van der Waals surface area contributed by atoms with Crippen LogP contribution < -0.4 is 0 Å². The van der Waals surface area contributed by atoms with E-state index in [-0.39, 0.29) is 0 Å². The van der Waals surface area contributed by atoms with Crippen LogP contribution in [0.3, 0.4) is 0 Å². The highest BCUT2D eigenvalue weighted by atomic mass is 16.5. The number of fused-ring (bicyclic) bond motifs is 1. The lowest BCUT2D eigenvalue weighted by Gasteiger charge is -2.38. The number of imidazole rings is 1. The van der Waals surface area contributed by atoms with Crippen LogP contribution in [0.25, 0.3) is 22.3 Å². The molecule has 0 radical (unpaired) electrons. The molecule has 0 spiro atoms. The van der Waals surface area contributed by atoms with Crippen LogP contribution in [0.5, 0.6) is 0 Å². The summed E-state index contributed by atoms with van der Waals surface area (Å²) >= 11 is 0. The summed E-state index contributed by atoms with van der Waals surface area (Å²) in [5.74, 6) is 0.956. The molecular weight excluding hydrogens is 412 g/mol. The molecule has 7 nitrogen and oxygen atoms in total. The van der Waals surface area contributed by atoms with Crippen molar-refractivity contribution in [3.63, 3.8) is 0 Å². The Morgan fingerprint density at radius 2 is 1.85 bits per heavy atom. The zero-order valence-electron chi connectivity index (χ0n) is 18.9. The predicted octanol–water partition coefficient (Wildman–Crippen LogP) is 4.23. The predicted molar refractivity (Wildman–Crippen MR) is 128 cm³/mol. The van der Waals surface area contributed by atoms with Crippen molar-refractivity contribution in [1.29, 1.82) is 0 Å². The van der Waals surface area contributed by atoms with Gasteiger partial charge in [-0.15, -0.1) is 0 Å². The van der Waals surface area contributed by atoms with Crippen molar-refractivity contribution in [2.24, 2.45) is 0 Å². The van der Waals surface area contributed by atoms with Crippen LogP contribution in [0.2, 0.25) is 0 Å². The Bertz CT molecular complexity index is 1200. The van der Waals surface area contributed by atoms with E-state index < -0.39 is 0 Å². The number of hydrogen-bond donors (Lipinski definition) is 1. The molecule has 7 heteroatoms. The first kappa shape index (κ1) is 20.6. The normalized spacial score (nSPS) is 22.1. The van der Waals surface area contributed by atoms with E-state index in [2.05, 4.69) is 56.1 Å². The second-order valence-corrected chi connectivity index (χ2v) is 9.25. The maximum Gasteiger partial charge on any atom is 0.111 e. The Morgan fingerprint density at radius 3 is 2.67 bits per heavy atom. The fourth-order valence-corrected chi connectivity index (χ4v) is 5.33. The molecule has 6 rings (SSSR count). The third-order valence-electron chi connectivity index (χ3n) is 7.13. The van der Waals surface area contributed by atoms with Crippen LogP contribution >= 0.6 is 0 Å². The van der Waals surface area contributed by atoms with Gasteiger partial charge in [0, 0.05) is 49.7 Å². The molecule has 3 aromatic heterocycles. The highest BCUT2D eigenvalue weighted by Crippen LogP contribution is 2.32. The van der Waals surface area contributed by atoms with Gasteiger partial charge in [-0.3, -0.25) is 14.6 Å². The van der Waals surface area contributed by atoms with Crippen molar-refractivity contribution in [2.45, 2.75) is 44.2 Å². The van der Waals surface area contributed by atoms with E-state index in [0.29, 0.717) is 12.1 Å². The van der Waals surface area contributed by atoms with E-state index in [0.717, 1.165) is 66.4 Å². The number of nitrogens with zero attached hydrogens (tertiary/aromatic N) is 5. The van der Waals surface area contributed by atoms with Crippen LogP contribution in [-0.2, 0) is 11.2 Å². The number of nitrogens with one attached hydrogen (secondary N) is 1. The van der Waals surface area contributed by atoms with E-state index in [1.807, 2.05) is 12.3 Å². The molecular formula is C26H30N6O. The molecule has 4 aromatic rings. The first-order chi connectivity index (χ1) is 16.3. The van der Waals surface area contributed by atoms with Crippen molar-refractivity contribution >= 4 is 11.0 Å². The van der Waals surface area contributed by atoms with Gasteiger partial charge in [-0.05, 0) is 55.5 Å². The second-order valence-electron chi connectivity index (χ2n) is 9.25. The Kier molecular flexibility index (Phi) is 5.66. The maximum atomic E-state index is 5.52. The summed E-state index contributed by atoms with van der Waals surface area (Å²) in [7, 11) is 0. The second kappa shape index (κ2) is 9.08. The molecule has 4 heterocycles.